The minimum atomic E-state index is 0.443. The van der Waals surface area contributed by atoms with Gasteiger partial charge in [-0.1, -0.05) is 29.1 Å². The lowest BCUT2D eigenvalue weighted by Crippen LogP contribution is -2.46. The highest BCUT2D eigenvalue weighted by atomic mass is 35.5. The van der Waals surface area contributed by atoms with Crippen LogP contribution < -0.4 is 10.6 Å². The van der Waals surface area contributed by atoms with E-state index >= 15 is 0 Å². The molecule has 0 aliphatic carbocycles. The van der Waals surface area contributed by atoms with E-state index in [-0.39, 0.29) is 0 Å². The lowest BCUT2D eigenvalue weighted by molar-refractivity contribution is 0.288. The molecule has 5 rings (SSSR count). The number of piperazine rings is 1. The average molecular weight is 492 g/mol. The topological polar surface area (TPSA) is 76.1 Å². The third-order valence-corrected chi connectivity index (χ3v) is 6.59. The number of imidazole rings is 1. The number of aromatic nitrogens is 4. The summed E-state index contributed by atoms with van der Waals surface area (Å²) in [6.07, 6.45) is 7.12. The molecule has 7 nitrogen and oxygen atoms in total. The number of nitrogen functional groups attached to an aromatic ring is 1. The van der Waals surface area contributed by atoms with Crippen LogP contribution in [0.25, 0.3) is 28.1 Å². The summed E-state index contributed by atoms with van der Waals surface area (Å²) in [7, 11) is 0. The second-order valence-corrected chi connectivity index (χ2v) is 9.04. The van der Waals surface area contributed by atoms with E-state index in [4.69, 9.17) is 40.3 Å². The van der Waals surface area contributed by atoms with E-state index in [1.165, 1.54) is 0 Å². The number of terminal acetylenes is 1. The Labute approximate surface area is 208 Å². The quantitative estimate of drug-likeness (QED) is 0.425. The first-order valence-electron chi connectivity index (χ1n) is 10.9. The van der Waals surface area contributed by atoms with E-state index in [0.29, 0.717) is 28.1 Å². The number of nitrogens with zero attached hydrogens (tertiary/aromatic N) is 6. The van der Waals surface area contributed by atoms with Crippen molar-refractivity contribution in [3.8, 4) is 29.3 Å². The minimum Gasteiger partial charge on any atom is -0.384 e. The summed E-state index contributed by atoms with van der Waals surface area (Å²) in [5.41, 5.74) is 10.7. The highest BCUT2D eigenvalue weighted by Crippen LogP contribution is 2.38. The zero-order valence-corrected chi connectivity index (χ0v) is 20.2. The van der Waals surface area contributed by atoms with Crippen LogP contribution in [0.15, 0.2) is 42.6 Å². The molecule has 172 valence electrons. The first-order valence-corrected chi connectivity index (χ1v) is 11.7. The van der Waals surface area contributed by atoms with Gasteiger partial charge in [0.2, 0.25) is 0 Å². The Balaban J connectivity index is 1.53. The Morgan fingerprint density at radius 2 is 1.76 bits per heavy atom. The maximum Gasteiger partial charge on any atom is 0.165 e. The number of hydrogen-bond donors (Lipinski definition) is 1. The maximum absolute atomic E-state index is 6.78. The smallest absolute Gasteiger partial charge is 0.165 e. The van der Waals surface area contributed by atoms with E-state index in [0.717, 1.165) is 60.2 Å². The van der Waals surface area contributed by atoms with Crippen LogP contribution >= 0.6 is 23.2 Å². The number of nitrogens with two attached hydrogens (primary N) is 1. The largest absolute Gasteiger partial charge is 0.384 e. The number of fused-ring (bicyclic) bond motifs is 1. The Morgan fingerprint density at radius 1 is 1.03 bits per heavy atom. The zero-order valence-electron chi connectivity index (χ0n) is 18.7. The summed E-state index contributed by atoms with van der Waals surface area (Å²) < 4.78 is 1.97. The van der Waals surface area contributed by atoms with Crippen LogP contribution in [0, 0.1) is 19.3 Å². The molecule has 9 heteroatoms. The third kappa shape index (κ3) is 4.16. The molecule has 0 amide bonds. The standard InChI is InChI=1S/C25H23Cl2N7/c1-3-8-32-9-11-33(12-10-32)24-19(26)14-18(15-20(24)27)34-16(2)30-22-5-4-21(31-25(22)34)17-6-7-29-23(28)13-17/h1,4-7,13-15H,8-12H2,2H3,(H2,28,29). The third-order valence-electron chi connectivity index (χ3n) is 6.01. The second kappa shape index (κ2) is 9.15. The van der Waals surface area contributed by atoms with Gasteiger partial charge in [-0.05, 0) is 43.3 Å². The van der Waals surface area contributed by atoms with Crippen molar-refractivity contribution in [2.75, 3.05) is 43.4 Å². The van der Waals surface area contributed by atoms with E-state index in [9.17, 15) is 0 Å². The second-order valence-electron chi connectivity index (χ2n) is 8.23. The fourth-order valence-corrected chi connectivity index (χ4v) is 5.10. The van der Waals surface area contributed by atoms with Crippen molar-refractivity contribution in [3.05, 3.63) is 58.5 Å². The number of aryl methyl sites for hydroxylation is 1. The number of hydrogen-bond acceptors (Lipinski definition) is 6. The van der Waals surface area contributed by atoms with Crippen LogP contribution in [-0.4, -0.2) is 57.1 Å². The summed E-state index contributed by atoms with van der Waals surface area (Å²) in [6.45, 7) is 5.96. The van der Waals surface area contributed by atoms with Gasteiger partial charge in [-0.25, -0.2) is 15.0 Å². The summed E-state index contributed by atoms with van der Waals surface area (Å²) >= 11 is 13.6. The van der Waals surface area contributed by atoms with Crippen LogP contribution in [0.4, 0.5) is 11.5 Å². The van der Waals surface area contributed by atoms with Gasteiger partial charge in [0.05, 0.1) is 33.7 Å². The number of anilines is 2. The zero-order chi connectivity index (χ0) is 23.8. The van der Waals surface area contributed by atoms with Crippen LogP contribution in [0.3, 0.4) is 0 Å². The van der Waals surface area contributed by atoms with Gasteiger partial charge in [0.15, 0.2) is 5.65 Å². The van der Waals surface area contributed by atoms with Crippen molar-refractivity contribution in [1.29, 1.82) is 0 Å². The molecule has 3 aromatic heterocycles. The summed E-state index contributed by atoms with van der Waals surface area (Å²) in [5.74, 6) is 3.94. The Kier molecular flexibility index (Phi) is 6.05. The fraction of sp³-hybridized carbons (Fsp3) is 0.240. The molecule has 0 atom stereocenters. The van der Waals surface area contributed by atoms with E-state index < -0.39 is 0 Å². The van der Waals surface area contributed by atoms with Crippen LogP contribution in [-0.2, 0) is 0 Å². The number of benzene rings is 1. The predicted octanol–water partition coefficient (Wildman–Crippen LogP) is 4.44. The van der Waals surface area contributed by atoms with Crippen LogP contribution in [0.1, 0.15) is 5.82 Å². The van der Waals surface area contributed by atoms with Gasteiger partial charge in [-0.3, -0.25) is 9.47 Å². The molecule has 2 N–H and O–H groups in total. The molecule has 1 saturated heterocycles. The highest BCUT2D eigenvalue weighted by Gasteiger charge is 2.22. The molecule has 1 aliphatic heterocycles. The van der Waals surface area contributed by atoms with Gasteiger partial charge < -0.3 is 10.6 Å². The SMILES string of the molecule is C#CCN1CCN(c2c(Cl)cc(-n3c(C)nc4ccc(-c5ccnc(N)c5)nc43)cc2Cl)CC1. The summed E-state index contributed by atoms with van der Waals surface area (Å²) in [5, 5.41) is 1.18. The predicted molar refractivity (Wildman–Crippen MR) is 139 cm³/mol. The van der Waals surface area contributed by atoms with Gasteiger partial charge in [0.25, 0.3) is 0 Å². The first kappa shape index (κ1) is 22.5. The number of rotatable bonds is 4. The Hall–Kier alpha value is -3.31. The molecule has 4 heterocycles. The van der Waals surface area contributed by atoms with Crippen molar-refractivity contribution in [2.24, 2.45) is 0 Å². The van der Waals surface area contributed by atoms with Gasteiger partial charge in [-0.2, -0.15) is 0 Å². The van der Waals surface area contributed by atoms with Crippen molar-refractivity contribution in [3.63, 3.8) is 0 Å². The fourth-order valence-electron chi connectivity index (χ4n) is 4.39. The van der Waals surface area contributed by atoms with Gasteiger partial charge >= 0.3 is 0 Å². The van der Waals surface area contributed by atoms with Crippen LogP contribution in [0.2, 0.25) is 10.0 Å². The van der Waals surface area contributed by atoms with Crippen LogP contribution in [0.5, 0.6) is 0 Å². The number of halogens is 2. The first-order chi connectivity index (χ1) is 16.4. The Bertz CT molecular complexity index is 1390. The van der Waals surface area contributed by atoms with Gasteiger partial charge in [0, 0.05) is 37.9 Å². The Morgan fingerprint density at radius 3 is 2.44 bits per heavy atom. The van der Waals surface area contributed by atoms with Crippen molar-refractivity contribution in [1.82, 2.24) is 24.4 Å². The normalized spacial score (nSPS) is 14.5. The maximum atomic E-state index is 6.78. The molecule has 34 heavy (non-hydrogen) atoms. The monoisotopic (exact) mass is 491 g/mol. The molecule has 0 spiro atoms. The minimum absolute atomic E-state index is 0.443. The summed E-state index contributed by atoms with van der Waals surface area (Å²) in [6, 6.07) is 11.4. The van der Waals surface area contributed by atoms with Crippen molar-refractivity contribution in [2.45, 2.75) is 6.92 Å². The highest BCUT2D eigenvalue weighted by molar-refractivity contribution is 6.39. The lowest BCUT2D eigenvalue weighted by atomic mass is 10.1. The molecule has 1 aliphatic rings. The van der Waals surface area contributed by atoms with Crippen molar-refractivity contribution >= 4 is 45.9 Å². The molecule has 4 aromatic rings. The molecule has 0 bridgehead atoms. The molecule has 0 radical (unpaired) electrons. The molecule has 1 aromatic carbocycles. The number of pyridine rings is 2. The molecule has 0 saturated carbocycles. The molecular formula is C25H23Cl2N7. The van der Waals surface area contributed by atoms with Gasteiger partial charge in [0.1, 0.15) is 17.2 Å². The average Bonchev–Trinajstić information content (AvgIpc) is 3.14. The van der Waals surface area contributed by atoms with Gasteiger partial charge in [-0.15, -0.1) is 6.42 Å². The summed E-state index contributed by atoms with van der Waals surface area (Å²) in [4.78, 5) is 18.1. The van der Waals surface area contributed by atoms with E-state index in [1.807, 2.05) is 41.8 Å². The molecular weight excluding hydrogens is 469 g/mol. The van der Waals surface area contributed by atoms with E-state index in [1.54, 1.807) is 12.3 Å². The lowest BCUT2D eigenvalue weighted by Gasteiger charge is -2.36. The van der Waals surface area contributed by atoms with Crippen molar-refractivity contribution < 1.29 is 0 Å². The van der Waals surface area contributed by atoms with E-state index in [2.05, 4.69) is 25.7 Å². The molecule has 0 unspecified atom stereocenters. The molecule has 1 fully saturated rings.